The summed E-state index contributed by atoms with van der Waals surface area (Å²) in [4.78, 5) is 5.26. The van der Waals surface area contributed by atoms with Crippen LogP contribution in [0, 0.1) is 0 Å². The SMILES string of the molecule is CNC1CCN(C2CCN(c3ccc(-c4ccco4)cc3)CC2)CC1. The zero-order valence-electron chi connectivity index (χ0n) is 15.2. The number of benzene rings is 1. The van der Waals surface area contributed by atoms with Gasteiger partial charge >= 0.3 is 0 Å². The lowest BCUT2D eigenvalue weighted by atomic mass is 9.97. The van der Waals surface area contributed by atoms with Crippen molar-refractivity contribution in [1.29, 1.82) is 0 Å². The third kappa shape index (κ3) is 3.75. The first-order valence-electron chi connectivity index (χ1n) is 9.63. The Bertz CT molecular complexity index is 636. The predicted molar refractivity (Wildman–Crippen MR) is 103 cm³/mol. The van der Waals surface area contributed by atoms with Crippen molar-refractivity contribution >= 4 is 5.69 Å². The topological polar surface area (TPSA) is 31.6 Å². The molecule has 0 radical (unpaired) electrons. The monoisotopic (exact) mass is 339 g/mol. The van der Waals surface area contributed by atoms with Crippen LogP contribution in [0.15, 0.2) is 47.1 Å². The van der Waals surface area contributed by atoms with Gasteiger partial charge in [0.1, 0.15) is 5.76 Å². The average molecular weight is 339 g/mol. The molecular weight excluding hydrogens is 310 g/mol. The van der Waals surface area contributed by atoms with Crippen LogP contribution >= 0.6 is 0 Å². The maximum Gasteiger partial charge on any atom is 0.133 e. The lowest BCUT2D eigenvalue weighted by Gasteiger charge is -2.42. The summed E-state index contributed by atoms with van der Waals surface area (Å²) in [6.07, 6.45) is 6.89. The Kier molecular flexibility index (Phi) is 5.09. The average Bonchev–Trinajstić information content (AvgIpc) is 3.23. The van der Waals surface area contributed by atoms with E-state index in [1.54, 1.807) is 6.26 Å². The van der Waals surface area contributed by atoms with Crippen molar-refractivity contribution in [2.75, 3.05) is 38.1 Å². The van der Waals surface area contributed by atoms with E-state index in [1.165, 1.54) is 44.5 Å². The second-order valence-corrected chi connectivity index (χ2v) is 7.34. The maximum atomic E-state index is 5.48. The first-order valence-corrected chi connectivity index (χ1v) is 9.63. The summed E-state index contributed by atoms with van der Waals surface area (Å²) in [5, 5.41) is 3.43. The Morgan fingerprint density at radius 2 is 1.64 bits per heavy atom. The zero-order chi connectivity index (χ0) is 17.1. The van der Waals surface area contributed by atoms with E-state index >= 15 is 0 Å². The molecule has 134 valence electrons. The summed E-state index contributed by atoms with van der Waals surface area (Å²) in [5.41, 5.74) is 2.48. The number of hydrogen-bond donors (Lipinski definition) is 1. The van der Waals surface area contributed by atoms with Gasteiger partial charge in [0.15, 0.2) is 0 Å². The molecule has 1 aromatic heterocycles. The first kappa shape index (κ1) is 16.7. The molecule has 0 amide bonds. The molecule has 25 heavy (non-hydrogen) atoms. The van der Waals surface area contributed by atoms with Crippen LogP contribution in [0.25, 0.3) is 11.3 Å². The van der Waals surface area contributed by atoms with E-state index in [4.69, 9.17) is 4.42 Å². The van der Waals surface area contributed by atoms with E-state index in [0.29, 0.717) is 0 Å². The normalized spacial score (nSPS) is 20.9. The van der Waals surface area contributed by atoms with Crippen LogP contribution in [-0.4, -0.2) is 50.2 Å². The number of hydrogen-bond acceptors (Lipinski definition) is 4. The van der Waals surface area contributed by atoms with Crippen LogP contribution in [0.5, 0.6) is 0 Å². The van der Waals surface area contributed by atoms with Crippen molar-refractivity contribution in [3.8, 4) is 11.3 Å². The zero-order valence-corrected chi connectivity index (χ0v) is 15.2. The Labute approximate surface area is 150 Å². The Hall–Kier alpha value is -1.78. The number of likely N-dealkylation sites (tertiary alicyclic amines) is 1. The van der Waals surface area contributed by atoms with E-state index in [1.807, 2.05) is 12.1 Å². The van der Waals surface area contributed by atoms with Crippen molar-refractivity contribution in [2.45, 2.75) is 37.8 Å². The minimum Gasteiger partial charge on any atom is -0.464 e. The molecule has 0 spiro atoms. The first-order chi connectivity index (χ1) is 12.3. The van der Waals surface area contributed by atoms with Crippen LogP contribution in [0.2, 0.25) is 0 Å². The molecule has 2 fully saturated rings. The molecule has 4 heteroatoms. The smallest absolute Gasteiger partial charge is 0.133 e. The number of nitrogens with zero attached hydrogens (tertiary/aromatic N) is 2. The fraction of sp³-hybridized carbons (Fsp3) is 0.524. The lowest BCUT2D eigenvalue weighted by Crippen LogP contribution is -2.50. The third-order valence-electron chi connectivity index (χ3n) is 5.96. The van der Waals surface area contributed by atoms with Crippen LogP contribution in [0.4, 0.5) is 5.69 Å². The molecule has 4 nitrogen and oxygen atoms in total. The quantitative estimate of drug-likeness (QED) is 0.922. The molecule has 2 aliphatic heterocycles. The highest BCUT2D eigenvalue weighted by molar-refractivity contribution is 5.61. The van der Waals surface area contributed by atoms with Crippen molar-refractivity contribution in [3.63, 3.8) is 0 Å². The molecule has 1 N–H and O–H groups in total. The number of piperidine rings is 2. The van der Waals surface area contributed by atoms with Gasteiger partial charge in [0.05, 0.1) is 6.26 Å². The second kappa shape index (κ2) is 7.63. The van der Waals surface area contributed by atoms with Gasteiger partial charge in [0, 0.05) is 36.4 Å². The van der Waals surface area contributed by atoms with E-state index in [0.717, 1.165) is 36.5 Å². The minimum atomic E-state index is 0.726. The molecule has 2 aromatic rings. The van der Waals surface area contributed by atoms with Gasteiger partial charge in [0.2, 0.25) is 0 Å². The summed E-state index contributed by atoms with van der Waals surface area (Å²) in [5.74, 6) is 0.940. The van der Waals surface area contributed by atoms with Crippen LogP contribution < -0.4 is 10.2 Å². The summed E-state index contributed by atoms with van der Waals surface area (Å²) < 4.78 is 5.48. The van der Waals surface area contributed by atoms with E-state index in [9.17, 15) is 0 Å². The van der Waals surface area contributed by atoms with E-state index in [-0.39, 0.29) is 0 Å². The fourth-order valence-corrected chi connectivity index (χ4v) is 4.32. The van der Waals surface area contributed by atoms with Crippen molar-refractivity contribution < 1.29 is 4.42 Å². The number of anilines is 1. The fourth-order valence-electron chi connectivity index (χ4n) is 4.32. The van der Waals surface area contributed by atoms with E-state index < -0.39 is 0 Å². The Balaban J connectivity index is 1.31. The Morgan fingerprint density at radius 3 is 2.24 bits per heavy atom. The number of furan rings is 1. The second-order valence-electron chi connectivity index (χ2n) is 7.34. The third-order valence-corrected chi connectivity index (χ3v) is 5.96. The molecule has 0 saturated carbocycles. The Morgan fingerprint density at radius 1 is 0.920 bits per heavy atom. The molecule has 2 saturated heterocycles. The van der Waals surface area contributed by atoms with Crippen molar-refractivity contribution in [1.82, 2.24) is 10.2 Å². The molecule has 1 aromatic carbocycles. The highest BCUT2D eigenvalue weighted by Crippen LogP contribution is 2.27. The van der Waals surface area contributed by atoms with Crippen LogP contribution in [0.1, 0.15) is 25.7 Å². The molecule has 4 rings (SSSR count). The molecule has 3 heterocycles. The van der Waals surface area contributed by atoms with Crippen molar-refractivity contribution in [2.24, 2.45) is 0 Å². The van der Waals surface area contributed by atoms with Crippen LogP contribution in [-0.2, 0) is 0 Å². The highest BCUT2D eigenvalue weighted by atomic mass is 16.3. The largest absolute Gasteiger partial charge is 0.464 e. The summed E-state index contributed by atoms with van der Waals surface area (Å²) in [6, 6.07) is 14.3. The van der Waals surface area contributed by atoms with Crippen LogP contribution in [0.3, 0.4) is 0 Å². The summed E-state index contributed by atoms with van der Waals surface area (Å²) >= 11 is 0. The molecule has 0 bridgehead atoms. The highest BCUT2D eigenvalue weighted by Gasteiger charge is 2.27. The summed E-state index contributed by atoms with van der Waals surface area (Å²) in [7, 11) is 2.09. The van der Waals surface area contributed by atoms with Gasteiger partial charge in [-0.25, -0.2) is 0 Å². The molecule has 0 aliphatic carbocycles. The molecule has 0 atom stereocenters. The van der Waals surface area contributed by atoms with Crippen molar-refractivity contribution in [3.05, 3.63) is 42.7 Å². The standard InChI is InChI=1S/C21H29N3O/c1-22-18-8-12-23(13-9-18)20-10-14-24(15-11-20)19-6-4-17(5-7-19)21-3-2-16-25-21/h2-7,16,18,20,22H,8-15H2,1H3. The molecule has 0 unspecified atom stereocenters. The van der Waals surface area contributed by atoms with Gasteiger partial charge in [-0.15, -0.1) is 0 Å². The predicted octanol–water partition coefficient (Wildman–Crippen LogP) is 3.60. The molecule has 2 aliphatic rings. The number of rotatable bonds is 4. The molecular formula is C21H29N3O. The van der Waals surface area contributed by atoms with Gasteiger partial charge in [-0.1, -0.05) is 0 Å². The number of nitrogens with one attached hydrogen (secondary N) is 1. The van der Waals surface area contributed by atoms with Gasteiger partial charge in [-0.2, -0.15) is 0 Å². The lowest BCUT2D eigenvalue weighted by molar-refractivity contribution is 0.126. The summed E-state index contributed by atoms with van der Waals surface area (Å²) in [6.45, 7) is 4.84. The van der Waals surface area contributed by atoms with E-state index in [2.05, 4.69) is 46.4 Å². The minimum absolute atomic E-state index is 0.726. The van der Waals surface area contributed by atoms with Gasteiger partial charge < -0.3 is 19.5 Å². The maximum absolute atomic E-state index is 5.48. The van der Waals surface area contributed by atoms with Gasteiger partial charge in [-0.05, 0) is 82.2 Å². The van der Waals surface area contributed by atoms with Gasteiger partial charge in [-0.3, -0.25) is 0 Å². The van der Waals surface area contributed by atoms with Gasteiger partial charge in [0.25, 0.3) is 0 Å².